The van der Waals surface area contributed by atoms with Crippen LogP contribution in [0.3, 0.4) is 0 Å². The largest absolute Gasteiger partial charge is 0.497 e. The van der Waals surface area contributed by atoms with Crippen LogP contribution in [0.15, 0.2) is 18.2 Å². The van der Waals surface area contributed by atoms with Gasteiger partial charge in [-0.15, -0.1) is 12.4 Å². The van der Waals surface area contributed by atoms with Crippen molar-refractivity contribution in [3.05, 3.63) is 23.8 Å². The maximum Gasteiger partial charge on any atom is 0.224 e. The van der Waals surface area contributed by atoms with E-state index >= 15 is 0 Å². The Labute approximate surface area is 138 Å². The van der Waals surface area contributed by atoms with Crippen LogP contribution in [0.4, 0.5) is 0 Å². The highest BCUT2D eigenvalue weighted by Crippen LogP contribution is 2.25. The van der Waals surface area contributed by atoms with Crippen LogP contribution >= 0.6 is 12.4 Å². The van der Waals surface area contributed by atoms with E-state index in [0.717, 1.165) is 36.4 Å². The van der Waals surface area contributed by atoms with Gasteiger partial charge >= 0.3 is 0 Å². The van der Waals surface area contributed by atoms with Gasteiger partial charge in [-0.3, -0.25) is 4.79 Å². The van der Waals surface area contributed by atoms with E-state index in [0.29, 0.717) is 19.0 Å². The van der Waals surface area contributed by atoms with Crippen LogP contribution in [-0.2, 0) is 11.3 Å². The van der Waals surface area contributed by atoms with Crippen molar-refractivity contribution < 1.29 is 14.3 Å². The Bertz CT molecular complexity index is 490. The summed E-state index contributed by atoms with van der Waals surface area (Å²) in [4.78, 5) is 14.0. The molecule has 0 spiro atoms. The molecule has 0 aliphatic carbocycles. The summed E-state index contributed by atoms with van der Waals surface area (Å²) in [6, 6.07) is 5.99. The number of methoxy groups -OCH3 is 2. The van der Waals surface area contributed by atoms with Gasteiger partial charge in [-0.25, -0.2) is 0 Å². The molecule has 1 amide bonds. The number of nitrogens with zero attached hydrogens (tertiary/aromatic N) is 1. The fourth-order valence-electron chi connectivity index (χ4n) is 2.62. The van der Waals surface area contributed by atoms with E-state index in [1.165, 1.54) is 0 Å². The third-order valence-corrected chi connectivity index (χ3v) is 3.91. The minimum Gasteiger partial charge on any atom is -0.497 e. The van der Waals surface area contributed by atoms with Crippen LogP contribution < -0.4 is 14.8 Å². The van der Waals surface area contributed by atoms with Crippen LogP contribution in [0.2, 0.25) is 0 Å². The molecule has 1 fully saturated rings. The third-order valence-electron chi connectivity index (χ3n) is 3.91. The Morgan fingerprint density at radius 3 is 2.73 bits per heavy atom. The molecule has 1 atom stereocenters. The predicted molar refractivity (Wildman–Crippen MR) is 88.9 cm³/mol. The van der Waals surface area contributed by atoms with Gasteiger partial charge < -0.3 is 19.7 Å². The smallest absolute Gasteiger partial charge is 0.224 e. The molecule has 0 aromatic heterocycles. The molecule has 1 aromatic carbocycles. The minimum atomic E-state index is 0. The summed E-state index contributed by atoms with van der Waals surface area (Å²) in [5.41, 5.74) is 0.980. The van der Waals surface area contributed by atoms with Gasteiger partial charge in [0.15, 0.2) is 0 Å². The molecule has 1 aliphatic rings. The molecule has 1 aliphatic heterocycles. The van der Waals surface area contributed by atoms with Gasteiger partial charge in [0.05, 0.1) is 14.2 Å². The molecule has 2 rings (SSSR count). The third kappa shape index (κ3) is 4.78. The maximum atomic E-state index is 12.2. The molecule has 1 aromatic rings. The molecule has 22 heavy (non-hydrogen) atoms. The molecule has 1 saturated heterocycles. The van der Waals surface area contributed by atoms with Crippen molar-refractivity contribution in [1.29, 1.82) is 0 Å². The fourth-order valence-corrected chi connectivity index (χ4v) is 2.62. The Kier molecular flexibility index (Phi) is 7.48. The minimum absolute atomic E-state index is 0. The quantitative estimate of drug-likeness (QED) is 0.870. The number of hydrogen-bond donors (Lipinski definition) is 1. The number of halogens is 1. The summed E-state index contributed by atoms with van der Waals surface area (Å²) < 4.78 is 10.6. The number of rotatable bonds is 6. The van der Waals surface area contributed by atoms with Gasteiger partial charge in [0.1, 0.15) is 11.5 Å². The molecule has 6 heteroatoms. The average molecular weight is 329 g/mol. The SMILES string of the molecule is COc1ccc(CN(C)C(=O)CC2CCCN2)c(OC)c1.Cl. The van der Waals surface area contributed by atoms with E-state index in [1.807, 2.05) is 25.2 Å². The zero-order valence-corrected chi connectivity index (χ0v) is 14.2. The highest BCUT2D eigenvalue weighted by Gasteiger charge is 2.20. The zero-order valence-electron chi connectivity index (χ0n) is 13.4. The lowest BCUT2D eigenvalue weighted by molar-refractivity contribution is -0.130. The van der Waals surface area contributed by atoms with Crippen molar-refractivity contribution in [3.63, 3.8) is 0 Å². The van der Waals surface area contributed by atoms with Crippen molar-refractivity contribution in [2.24, 2.45) is 0 Å². The molecule has 0 bridgehead atoms. The molecule has 1 N–H and O–H groups in total. The Hall–Kier alpha value is -1.46. The first kappa shape index (κ1) is 18.6. The lowest BCUT2D eigenvalue weighted by atomic mass is 10.1. The lowest BCUT2D eigenvalue weighted by Gasteiger charge is -2.21. The number of hydrogen-bond acceptors (Lipinski definition) is 4. The lowest BCUT2D eigenvalue weighted by Crippen LogP contribution is -2.33. The highest BCUT2D eigenvalue weighted by atomic mass is 35.5. The van der Waals surface area contributed by atoms with Crippen LogP contribution in [0.5, 0.6) is 11.5 Å². The summed E-state index contributed by atoms with van der Waals surface area (Å²) in [7, 11) is 5.09. The molecular weight excluding hydrogens is 304 g/mol. The number of carbonyl (C=O) groups excluding carboxylic acids is 1. The summed E-state index contributed by atoms with van der Waals surface area (Å²) in [5, 5.41) is 3.36. The second-order valence-electron chi connectivity index (χ2n) is 5.42. The Morgan fingerprint density at radius 2 is 2.14 bits per heavy atom. The van der Waals surface area contributed by atoms with Crippen molar-refractivity contribution in [3.8, 4) is 11.5 Å². The van der Waals surface area contributed by atoms with Gasteiger partial charge in [-0.2, -0.15) is 0 Å². The van der Waals surface area contributed by atoms with Crippen LogP contribution in [-0.4, -0.2) is 44.7 Å². The van der Waals surface area contributed by atoms with Crippen molar-refractivity contribution in [1.82, 2.24) is 10.2 Å². The van der Waals surface area contributed by atoms with Crippen LogP contribution in [0.1, 0.15) is 24.8 Å². The molecule has 0 saturated carbocycles. The summed E-state index contributed by atoms with van der Waals surface area (Å²) in [6.45, 7) is 1.56. The van der Waals surface area contributed by atoms with Gasteiger partial charge in [0, 0.05) is 37.7 Å². The highest BCUT2D eigenvalue weighted by molar-refractivity contribution is 5.85. The second kappa shape index (κ2) is 8.86. The van der Waals surface area contributed by atoms with Gasteiger partial charge in [-0.05, 0) is 31.5 Å². The molecule has 5 nitrogen and oxygen atoms in total. The van der Waals surface area contributed by atoms with E-state index < -0.39 is 0 Å². The van der Waals surface area contributed by atoms with Crippen molar-refractivity contribution in [2.75, 3.05) is 27.8 Å². The number of nitrogens with one attached hydrogen (secondary N) is 1. The number of ether oxygens (including phenoxy) is 2. The topological polar surface area (TPSA) is 50.8 Å². The number of benzene rings is 1. The molecule has 1 unspecified atom stereocenters. The Balaban J connectivity index is 0.00000242. The fraction of sp³-hybridized carbons (Fsp3) is 0.562. The maximum absolute atomic E-state index is 12.2. The Morgan fingerprint density at radius 1 is 1.36 bits per heavy atom. The first-order valence-corrected chi connectivity index (χ1v) is 7.32. The van der Waals surface area contributed by atoms with Gasteiger partial charge in [0.2, 0.25) is 5.91 Å². The molecular formula is C16H25ClN2O3. The number of amides is 1. The summed E-state index contributed by atoms with van der Waals surface area (Å²) in [5.74, 6) is 1.65. The van der Waals surface area contributed by atoms with Crippen molar-refractivity contribution >= 4 is 18.3 Å². The molecule has 124 valence electrons. The van der Waals surface area contributed by atoms with Crippen LogP contribution in [0.25, 0.3) is 0 Å². The van der Waals surface area contributed by atoms with Crippen LogP contribution in [0, 0.1) is 0 Å². The number of carbonyl (C=O) groups is 1. The normalized spacial score (nSPS) is 16.8. The summed E-state index contributed by atoms with van der Waals surface area (Å²) in [6.07, 6.45) is 2.81. The predicted octanol–water partition coefficient (Wildman–Crippen LogP) is 2.23. The molecule has 1 heterocycles. The molecule has 0 radical (unpaired) electrons. The first-order chi connectivity index (χ1) is 10.1. The van der Waals surface area contributed by atoms with E-state index in [-0.39, 0.29) is 18.3 Å². The van der Waals surface area contributed by atoms with Gasteiger partial charge in [0.25, 0.3) is 0 Å². The van der Waals surface area contributed by atoms with E-state index in [1.54, 1.807) is 19.1 Å². The zero-order chi connectivity index (χ0) is 15.2. The van der Waals surface area contributed by atoms with E-state index in [9.17, 15) is 4.79 Å². The monoisotopic (exact) mass is 328 g/mol. The second-order valence-corrected chi connectivity index (χ2v) is 5.42. The first-order valence-electron chi connectivity index (χ1n) is 7.32. The average Bonchev–Trinajstić information content (AvgIpc) is 3.00. The standard InChI is InChI=1S/C16H24N2O3.ClH/c1-18(16(19)9-13-5-4-8-17-13)11-12-6-7-14(20-2)10-15(12)21-3;/h6-7,10,13,17H,4-5,8-9,11H2,1-3H3;1H. The van der Waals surface area contributed by atoms with Crippen molar-refractivity contribution in [2.45, 2.75) is 31.8 Å². The van der Waals surface area contributed by atoms with E-state index in [2.05, 4.69) is 5.32 Å². The van der Waals surface area contributed by atoms with E-state index in [4.69, 9.17) is 9.47 Å². The van der Waals surface area contributed by atoms with Gasteiger partial charge in [-0.1, -0.05) is 0 Å². The summed E-state index contributed by atoms with van der Waals surface area (Å²) >= 11 is 0.